The molecule has 0 radical (unpaired) electrons. The highest BCUT2D eigenvalue weighted by molar-refractivity contribution is 9.09. The van der Waals surface area contributed by atoms with Crippen LogP contribution < -0.4 is 5.32 Å². The summed E-state index contributed by atoms with van der Waals surface area (Å²) >= 11 is 3.43. The SMILES string of the molecule is O=C(COCC(F)(F)F)NCC1(CBr)CCCC1. The van der Waals surface area contributed by atoms with E-state index in [2.05, 4.69) is 26.0 Å². The standard InChI is InChI=1S/C11H17BrF3NO2/c12-6-10(3-1-2-4-10)7-16-9(17)5-18-8-11(13,14)15/h1-8H2,(H,16,17). The average molecular weight is 332 g/mol. The maximum atomic E-state index is 11.8. The van der Waals surface area contributed by atoms with E-state index in [1.165, 1.54) is 0 Å². The number of halogens is 4. The molecule has 0 aromatic heterocycles. The Labute approximate surface area is 113 Å². The van der Waals surface area contributed by atoms with E-state index in [1.54, 1.807) is 0 Å². The summed E-state index contributed by atoms with van der Waals surface area (Å²) in [5.41, 5.74) is 0.0552. The molecule has 0 bridgehead atoms. The van der Waals surface area contributed by atoms with E-state index in [-0.39, 0.29) is 5.41 Å². The maximum Gasteiger partial charge on any atom is 0.411 e. The van der Waals surface area contributed by atoms with Crippen molar-refractivity contribution in [1.82, 2.24) is 5.32 Å². The molecule has 1 rings (SSSR count). The van der Waals surface area contributed by atoms with Gasteiger partial charge in [-0.05, 0) is 18.3 Å². The normalized spacial score (nSPS) is 18.9. The summed E-state index contributed by atoms with van der Waals surface area (Å²) in [6, 6.07) is 0. The summed E-state index contributed by atoms with van der Waals surface area (Å²) in [5.74, 6) is -0.494. The minimum absolute atomic E-state index is 0.0552. The second kappa shape index (κ2) is 6.75. The number of hydrogen-bond donors (Lipinski definition) is 1. The van der Waals surface area contributed by atoms with E-state index in [0.29, 0.717) is 6.54 Å². The minimum atomic E-state index is -4.39. The molecular formula is C11H17BrF3NO2. The van der Waals surface area contributed by atoms with Crippen LogP contribution in [0.15, 0.2) is 0 Å². The van der Waals surface area contributed by atoms with Crippen LogP contribution in [0.5, 0.6) is 0 Å². The third kappa shape index (κ3) is 5.56. The van der Waals surface area contributed by atoms with Gasteiger partial charge in [-0.25, -0.2) is 0 Å². The first-order valence-corrected chi connectivity index (χ1v) is 6.96. The van der Waals surface area contributed by atoms with Gasteiger partial charge in [0.15, 0.2) is 0 Å². The molecule has 106 valence electrons. The molecule has 1 N–H and O–H groups in total. The second-order valence-corrected chi connectivity index (χ2v) is 5.29. The summed E-state index contributed by atoms with van der Waals surface area (Å²) in [6.45, 7) is -1.44. The first-order valence-electron chi connectivity index (χ1n) is 5.84. The lowest BCUT2D eigenvalue weighted by Gasteiger charge is -2.26. The largest absolute Gasteiger partial charge is 0.411 e. The van der Waals surface area contributed by atoms with Crippen LogP contribution in [0.1, 0.15) is 25.7 Å². The predicted molar refractivity (Wildman–Crippen MR) is 64.6 cm³/mol. The summed E-state index contributed by atoms with van der Waals surface area (Å²) < 4.78 is 39.7. The molecule has 0 unspecified atom stereocenters. The lowest BCUT2D eigenvalue weighted by atomic mass is 9.89. The Kier molecular flexibility index (Phi) is 5.91. The molecule has 0 aromatic carbocycles. The zero-order chi connectivity index (χ0) is 13.6. The van der Waals surface area contributed by atoms with E-state index >= 15 is 0 Å². The molecule has 3 nitrogen and oxygen atoms in total. The predicted octanol–water partition coefficient (Wildman–Crippen LogP) is 2.64. The van der Waals surface area contributed by atoms with Crippen molar-refractivity contribution in [2.45, 2.75) is 31.9 Å². The Morgan fingerprint density at radius 3 is 2.44 bits per heavy atom. The number of nitrogens with one attached hydrogen (secondary N) is 1. The van der Waals surface area contributed by atoms with Crippen molar-refractivity contribution in [3.05, 3.63) is 0 Å². The molecule has 1 saturated carbocycles. The van der Waals surface area contributed by atoms with Gasteiger partial charge in [0.05, 0.1) is 0 Å². The number of carbonyl (C=O) groups excluding carboxylic acids is 1. The summed E-state index contributed by atoms with van der Waals surface area (Å²) in [7, 11) is 0. The highest BCUT2D eigenvalue weighted by Crippen LogP contribution is 2.38. The lowest BCUT2D eigenvalue weighted by molar-refractivity contribution is -0.175. The molecule has 0 atom stereocenters. The number of amides is 1. The molecule has 0 spiro atoms. The highest BCUT2D eigenvalue weighted by atomic mass is 79.9. The topological polar surface area (TPSA) is 38.3 Å². The van der Waals surface area contributed by atoms with E-state index in [0.717, 1.165) is 31.0 Å². The van der Waals surface area contributed by atoms with Gasteiger partial charge in [0, 0.05) is 11.9 Å². The van der Waals surface area contributed by atoms with Crippen LogP contribution in [0.4, 0.5) is 13.2 Å². The van der Waals surface area contributed by atoms with Crippen LogP contribution in [-0.4, -0.2) is 37.2 Å². The maximum absolute atomic E-state index is 11.8. The molecular weight excluding hydrogens is 315 g/mol. The molecule has 0 aromatic rings. The minimum Gasteiger partial charge on any atom is -0.362 e. The Bertz CT molecular complexity index is 278. The van der Waals surface area contributed by atoms with Crippen LogP contribution in [0.25, 0.3) is 0 Å². The number of ether oxygens (including phenoxy) is 1. The molecule has 0 aliphatic heterocycles. The Morgan fingerprint density at radius 2 is 1.94 bits per heavy atom. The van der Waals surface area contributed by atoms with Crippen molar-refractivity contribution in [3.63, 3.8) is 0 Å². The Morgan fingerprint density at radius 1 is 1.33 bits per heavy atom. The van der Waals surface area contributed by atoms with Crippen LogP contribution in [0.3, 0.4) is 0 Å². The second-order valence-electron chi connectivity index (χ2n) is 4.73. The van der Waals surface area contributed by atoms with Gasteiger partial charge in [0.2, 0.25) is 5.91 Å². The van der Waals surface area contributed by atoms with Gasteiger partial charge in [0.25, 0.3) is 0 Å². The summed E-state index contributed by atoms with van der Waals surface area (Å²) in [6.07, 6.45) is -0.0647. The first kappa shape index (κ1) is 15.8. The number of carbonyl (C=O) groups is 1. The van der Waals surface area contributed by atoms with Gasteiger partial charge >= 0.3 is 6.18 Å². The Balaban J connectivity index is 2.20. The van der Waals surface area contributed by atoms with Crippen molar-refractivity contribution in [3.8, 4) is 0 Å². The molecule has 1 amide bonds. The number of hydrogen-bond acceptors (Lipinski definition) is 2. The van der Waals surface area contributed by atoms with Crippen molar-refractivity contribution in [2.24, 2.45) is 5.41 Å². The Hall–Kier alpha value is -0.300. The van der Waals surface area contributed by atoms with Crippen molar-refractivity contribution < 1.29 is 22.7 Å². The monoisotopic (exact) mass is 331 g/mol. The van der Waals surface area contributed by atoms with Gasteiger partial charge < -0.3 is 10.1 Å². The van der Waals surface area contributed by atoms with Crippen LogP contribution in [0.2, 0.25) is 0 Å². The quantitative estimate of drug-likeness (QED) is 0.760. The fourth-order valence-corrected chi connectivity index (χ4v) is 2.84. The van der Waals surface area contributed by atoms with Gasteiger partial charge in [-0.1, -0.05) is 28.8 Å². The first-order chi connectivity index (χ1) is 8.37. The van der Waals surface area contributed by atoms with Gasteiger partial charge in [-0.3, -0.25) is 4.79 Å². The molecule has 1 aliphatic carbocycles. The third-order valence-corrected chi connectivity index (χ3v) is 4.30. The molecule has 18 heavy (non-hydrogen) atoms. The zero-order valence-electron chi connectivity index (χ0n) is 9.99. The van der Waals surface area contributed by atoms with Crippen molar-refractivity contribution in [2.75, 3.05) is 25.1 Å². The van der Waals surface area contributed by atoms with Gasteiger partial charge in [-0.2, -0.15) is 13.2 Å². The fourth-order valence-electron chi connectivity index (χ4n) is 2.08. The smallest absolute Gasteiger partial charge is 0.362 e. The number of rotatable bonds is 6. The zero-order valence-corrected chi connectivity index (χ0v) is 11.6. The van der Waals surface area contributed by atoms with E-state index < -0.39 is 25.3 Å². The van der Waals surface area contributed by atoms with E-state index in [9.17, 15) is 18.0 Å². The van der Waals surface area contributed by atoms with Gasteiger partial charge in [-0.15, -0.1) is 0 Å². The average Bonchev–Trinajstić information content (AvgIpc) is 2.74. The van der Waals surface area contributed by atoms with Crippen LogP contribution in [-0.2, 0) is 9.53 Å². The van der Waals surface area contributed by atoms with Crippen LogP contribution in [0, 0.1) is 5.41 Å². The van der Waals surface area contributed by atoms with Crippen LogP contribution >= 0.6 is 15.9 Å². The van der Waals surface area contributed by atoms with E-state index in [1.807, 2.05) is 0 Å². The molecule has 0 saturated heterocycles. The summed E-state index contributed by atoms with van der Waals surface area (Å²) in [5, 5.41) is 3.44. The molecule has 1 fully saturated rings. The van der Waals surface area contributed by atoms with Crippen molar-refractivity contribution in [1.29, 1.82) is 0 Å². The fraction of sp³-hybridized carbons (Fsp3) is 0.909. The molecule has 0 heterocycles. The third-order valence-electron chi connectivity index (χ3n) is 3.11. The molecule has 1 aliphatic rings. The van der Waals surface area contributed by atoms with E-state index in [4.69, 9.17) is 0 Å². The lowest BCUT2D eigenvalue weighted by Crippen LogP contribution is -2.39. The molecule has 7 heteroatoms. The van der Waals surface area contributed by atoms with Gasteiger partial charge in [0.1, 0.15) is 13.2 Å². The highest BCUT2D eigenvalue weighted by Gasteiger charge is 2.33. The number of alkyl halides is 4. The summed E-state index contributed by atoms with van der Waals surface area (Å²) in [4.78, 5) is 11.3. The van der Waals surface area contributed by atoms with Crippen molar-refractivity contribution >= 4 is 21.8 Å².